The molecule has 0 saturated heterocycles. The van der Waals surface area contributed by atoms with Crippen LogP contribution >= 0.6 is 12.2 Å². The molecule has 0 spiro atoms. The molecule has 0 radical (unpaired) electrons. The van der Waals surface area contributed by atoms with Crippen molar-refractivity contribution in [3.8, 4) is 0 Å². The monoisotopic (exact) mass is 310 g/mol. The number of nitrogens with zero attached hydrogens (tertiary/aromatic N) is 3. The highest BCUT2D eigenvalue weighted by molar-refractivity contribution is 7.71. The highest BCUT2D eigenvalue weighted by Gasteiger charge is 2.23. The highest BCUT2D eigenvalue weighted by Crippen LogP contribution is 2.27. The summed E-state index contributed by atoms with van der Waals surface area (Å²) in [6.45, 7) is 9.98. The molecule has 21 heavy (non-hydrogen) atoms. The molecule has 0 bridgehead atoms. The first-order chi connectivity index (χ1) is 10.0. The topological polar surface area (TPSA) is 47.8 Å². The number of aromatic amines is 1. The van der Waals surface area contributed by atoms with Gasteiger partial charge in [0, 0.05) is 13.7 Å². The van der Waals surface area contributed by atoms with Gasteiger partial charge in [-0.2, -0.15) is 5.10 Å². The summed E-state index contributed by atoms with van der Waals surface area (Å²) in [5.74, 6) is 0.437. The van der Waals surface area contributed by atoms with Gasteiger partial charge in [-0.25, -0.2) is 0 Å². The predicted molar refractivity (Wildman–Crippen MR) is 88.3 cm³/mol. The lowest BCUT2D eigenvalue weighted by molar-refractivity contribution is 0.0970. The molecular formula is C15H26N4OS. The van der Waals surface area contributed by atoms with Crippen LogP contribution in [0.5, 0.6) is 0 Å². The van der Waals surface area contributed by atoms with E-state index in [0.29, 0.717) is 12.5 Å². The second kappa shape index (κ2) is 6.75. The van der Waals surface area contributed by atoms with Gasteiger partial charge in [0.15, 0.2) is 10.4 Å². The number of aromatic nitrogens is 4. The molecule has 2 heterocycles. The van der Waals surface area contributed by atoms with Crippen LogP contribution in [0.25, 0.3) is 11.2 Å². The van der Waals surface area contributed by atoms with Gasteiger partial charge in [-0.1, -0.05) is 27.2 Å². The summed E-state index contributed by atoms with van der Waals surface area (Å²) in [5.41, 5.74) is 3.24. The minimum atomic E-state index is 0.219. The summed E-state index contributed by atoms with van der Waals surface area (Å²) in [5, 5.41) is 4.64. The molecule has 2 aromatic rings. The maximum absolute atomic E-state index is 5.67. The van der Waals surface area contributed by atoms with Crippen LogP contribution in [-0.2, 0) is 18.2 Å². The van der Waals surface area contributed by atoms with Gasteiger partial charge in [0.05, 0.1) is 18.3 Å². The minimum absolute atomic E-state index is 0.219. The Morgan fingerprint density at radius 1 is 1.33 bits per heavy atom. The Labute approximate surface area is 131 Å². The van der Waals surface area contributed by atoms with Gasteiger partial charge in [0.25, 0.3) is 0 Å². The number of nitrogens with one attached hydrogen (secondary N) is 1. The Kier molecular flexibility index (Phi) is 5.22. The molecule has 1 N–H and O–H groups in total. The number of hydrogen-bond acceptors (Lipinski definition) is 3. The highest BCUT2D eigenvalue weighted by atomic mass is 32.1. The maximum Gasteiger partial charge on any atom is 0.179 e. The number of fused-ring (bicyclic) bond motifs is 1. The Morgan fingerprint density at radius 3 is 2.62 bits per heavy atom. The lowest BCUT2D eigenvalue weighted by Gasteiger charge is -2.23. The third-order valence-corrected chi connectivity index (χ3v) is 4.15. The molecule has 2 aromatic heterocycles. The van der Waals surface area contributed by atoms with Crippen molar-refractivity contribution >= 4 is 23.4 Å². The van der Waals surface area contributed by atoms with Gasteiger partial charge in [0.1, 0.15) is 5.52 Å². The van der Waals surface area contributed by atoms with Crippen LogP contribution in [0.2, 0.25) is 0 Å². The Morgan fingerprint density at radius 2 is 2.05 bits per heavy atom. The van der Waals surface area contributed by atoms with E-state index >= 15 is 0 Å². The van der Waals surface area contributed by atoms with E-state index in [-0.39, 0.29) is 6.04 Å². The van der Waals surface area contributed by atoms with E-state index in [0.717, 1.165) is 41.1 Å². The Bertz CT molecular complexity index is 652. The lowest BCUT2D eigenvalue weighted by atomic mass is 10.1. The molecule has 0 amide bonds. The summed E-state index contributed by atoms with van der Waals surface area (Å²) in [6, 6.07) is 0.219. The van der Waals surface area contributed by atoms with E-state index in [4.69, 9.17) is 17.0 Å². The molecule has 1 unspecified atom stereocenters. The van der Waals surface area contributed by atoms with Gasteiger partial charge in [-0.05, 0) is 31.5 Å². The summed E-state index contributed by atoms with van der Waals surface area (Å²) in [7, 11) is 1.98. The van der Waals surface area contributed by atoms with Crippen molar-refractivity contribution in [2.24, 2.45) is 13.0 Å². The molecular weight excluding hydrogens is 284 g/mol. The van der Waals surface area contributed by atoms with Crippen molar-refractivity contribution in [1.29, 1.82) is 0 Å². The molecule has 0 fully saturated rings. The molecule has 5 nitrogen and oxygen atoms in total. The first-order valence-corrected chi connectivity index (χ1v) is 8.15. The van der Waals surface area contributed by atoms with Crippen molar-refractivity contribution < 1.29 is 4.74 Å². The second-order valence-corrected chi connectivity index (χ2v) is 6.18. The van der Waals surface area contributed by atoms with Gasteiger partial charge in [-0.3, -0.25) is 9.25 Å². The fourth-order valence-electron chi connectivity index (χ4n) is 2.76. The maximum atomic E-state index is 5.67. The molecule has 0 aliphatic carbocycles. The quantitative estimate of drug-likeness (QED) is 0.795. The number of rotatable bonds is 7. The summed E-state index contributed by atoms with van der Waals surface area (Å²) >= 11 is 5.57. The molecule has 0 aliphatic rings. The van der Waals surface area contributed by atoms with Crippen molar-refractivity contribution in [1.82, 2.24) is 19.3 Å². The van der Waals surface area contributed by atoms with Crippen molar-refractivity contribution in [3.05, 3.63) is 10.5 Å². The van der Waals surface area contributed by atoms with E-state index in [1.54, 1.807) is 0 Å². The predicted octanol–water partition coefficient (Wildman–Crippen LogP) is 3.62. The number of ether oxygens (including phenoxy) is 1. The van der Waals surface area contributed by atoms with E-state index in [9.17, 15) is 0 Å². The van der Waals surface area contributed by atoms with Gasteiger partial charge < -0.3 is 9.72 Å². The average molecular weight is 310 g/mol. The van der Waals surface area contributed by atoms with Crippen LogP contribution in [-0.4, -0.2) is 32.5 Å². The van der Waals surface area contributed by atoms with E-state index in [1.807, 2.05) is 18.7 Å². The van der Waals surface area contributed by atoms with Gasteiger partial charge >= 0.3 is 0 Å². The van der Waals surface area contributed by atoms with Crippen LogP contribution in [0, 0.1) is 10.7 Å². The molecule has 0 aliphatic heterocycles. The number of aryl methyl sites for hydroxylation is 2. The van der Waals surface area contributed by atoms with Crippen molar-refractivity contribution in [2.75, 3.05) is 13.2 Å². The third kappa shape index (κ3) is 3.06. The molecule has 6 heteroatoms. The normalized spacial score (nSPS) is 13.4. The smallest absolute Gasteiger partial charge is 0.179 e. The van der Waals surface area contributed by atoms with Crippen LogP contribution < -0.4 is 0 Å². The van der Waals surface area contributed by atoms with E-state index < -0.39 is 0 Å². The summed E-state index contributed by atoms with van der Waals surface area (Å²) in [6.07, 6.45) is 2.04. The van der Waals surface area contributed by atoms with E-state index in [1.165, 1.54) is 0 Å². The fraction of sp³-hybridized carbons (Fsp3) is 0.733. The molecule has 1 atom stereocenters. The lowest BCUT2D eigenvalue weighted by Crippen LogP contribution is -2.22. The zero-order valence-electron chi connectivity index (χ0n) is 13.6. The summed E-state index contributed by atoms with van der Waals surface area (Å²) in [4.78, 5) is 3.35. The molecule has 118 valence electrons. The first kappa shape index (κ1) is 16.2. The largest absolute Gasteiger partial charge is 0.380 e. The van der Waals surface area contributed by atoms with Crippen molar-refractivity contribution in [2.45, 2.75) is 46.6 Å². The molecule has 0 aromatic carbocycles. The standard InChI is InChI=1S/C15H26N4OS/c1-6-8-11-13-14(18(5)17-11)19(15(21)16-13)12(10(3)4)9-20-7-2/h10,12H,6-9H2,1-5H3,(H,16,21). The zero-order valence-corrected chi connectivity index (χ0v) is 14.5. The van der Waals surface area contributed by atoms with Crippen LogP contribution in [0.4, 0.5) is 0 Å². The van der Waals surface area contributed by atoms with Crippen LogP contribution in [0.1, 0.15) is 45.9 Å². The van der Waals surface area contributed by atoms with Crippen molar-refractivity contribution in [3.63, 3.8) is 0 Å². The summed E-state index contributed by atoms with van der Waals surface area (Å²) < 4.78 is 10.5. The SMILES string of the molecule is CCCc1nn(C)c2c1[nH]c(=S)n2C(COCC)C(C)C. The fourth-order valence-corrected chi connectivity index (χ4v) is 3.08. The molecule has 0 saturated carbocycles. The number of imidazole rings is 1. The van der Waals surface area contributed by atoms with Crippen LogP contribution in [0.15, 0.2) is 0 Å². The Balaban J connectivity index is 2.56. The first-order valence-electron chi connectivity index (χ1n) is 7.75. The minimum Gasteiger partial charge on any atom is -0.380 e. The van der Waals surface area contributed by atoms with Crippen LogP contribution in [0.3, 0.4) is 0 Å². The number of H-pyrrole nitrogens is 1. The second-order valence-electron chi connectivity index (χ2n) is 5.79. The van der Waals surface area contributed by atoms with Gasteiger partial charge in [0.2, 0.25) is 0 Å². The third-order valence-electron chi connectivity index (χ3n) is 3.85. The Hall–Kier alpha value is -1.14. The number of hydrogen-bond donors (Lipinski definition) is 1. The van der Waals surface area contributed by atoms with Gasteiger partial charge in [-0.15, -0.1) is 0 Å². The zero-order chi connectivity index (χ0) is 15.6. The van der Waals surface area contributed by atoms with E-state index in [2.05, 4.69) is 35.4 Å². The molecule has 2 rings (SSSR count). The average Bonchev–Trinajstić information content (AvgIpc) is 2.90.